The molecule has 2 unspecified atom stereocenters. The maximum atomic E-state index is 15.7. The van der Waals surface area contributed by atoms with Gasteiger partial charge in [0.25, 0.3) is 0 Å². The van der Waals surface area contributed by atoms with Crippen LogP contribution in [0.25, 0.3) is 22.3 Å². The lowest BCUT2D eigenvalue weighted by atomic mass is 9.91. The fourth-order valence-electron chi connectivity index (χ4n) is 8.83. The maximum absolute atomic E-state index is 15.7. The first-order chi connectivity index (χ1) is 30.3. The second-order valence-corrected chi connectivity index (χ2v) is 15.1. The van der Waals surface area contributed by atoms with Crippen molar-refractivity contribution in [2.75, 3.05) is 0 Å². The highest BCUT2D eigenvalue weighted by molar-refractivity contribution is 5.91. The third-order valence-corrected chi connectivity index (χ3v) is 11.2. The molecule has 4 N–H and O–H groups in total. The molecule has 0 spiro atoms. The third-order valence-electron chi connectivity index (χ3n) is 11.2. The molecule has 0 fully saturated rings. The molecule has 4 aromatic carbocycles. The summed E-state index contributed by atoms with van der Waals surface area (Å²) >= 11 is 0. The van der Waals surface area contributed by atoms with Crippen LogP contribution < -0.4 is 21.3 Å². The SMILES string of the molecule is FC(F)(F)C1=C(C(F)(F)F)C2N/C1=C(/c1ccccc1)c1ccc([nH]1)/C(c1ccccc1)=C1\NC(C(C(F)(F)F)=C1C(F)(F)F)/C(c1ccccc1)=c1/cc/c([nH]1)=C/2c1ccccc1. The Balaban J connectivity index is 1.55. The van der Waals surface area contributed by atoms with E-state index in [4.69, 9.17) is 0 Å². The Kier molecular flexibility index (Phi) is 10.1. The predicted molar refractivity (Wildman–Crippen MR) is 216 cm³/mol. The number of nitrogens with one attached hydrogen (secondary N) is 4. The molecule has 3 aliphatic heterocycles. The molecular formula is C48H30F12N4. The number of aromatic amines is 2. The van der Waals surface area contributed by atoms with E-state index in [-0.39, 0.29) is 55.5 Å². The first-order valence-electron chi connectivity index (χ1n) is 19.5. The van der Waals surface area contributed by atoms with Crippen LogP contribution in [0.1, 0.15) is 33.6 Å². The van der Waals surface area contributed by atoms with Crippen LogP contribution >= 0.6 is 0 Å². The minimum Gasteiger partial charge on any atom is -0.373 e. The summed E-state index contributed by atoms with van der Waals surface area (Å²) in [6.45, 7) is 0. The fourth-order valence-corrected chi connectivity index (χ4v) is 8.83. The molecule has 0 amide bonds. The number of allylic oxidation sites excluding steroid dienone is 2. The lowest BCUT2D eigenvalue weighted by molar-refractivity contribution is -0.113. The van der Waals surface area contributed by atoms with Crippen LogP contribution in [0.5, 0.6) is 0 Å². The van der Waals surface area contributed by atoms with Crippen molar-refractivity contribution >= 4 is 22.3 Å². The van der Waals surface area contributed by atoms with Crippen molar-refractivity contribution in [1.82, 2.24) is 20.6 Å². The van der Waals surface area contributed by atoms with Gasteiger partial charge in [-0.05, 0) is 46.5 Å². The van der Waals surface area contributed by atoms with Gasteiger partial charge in [0.05, 0.1) is 45.8 Å². The highest BCUT2D eigenvalue weighted by Gasteiger charge is 2.57. The quantitative estimate of drug-likeness (QED) is 0.133. The molecule has 4 nitrogen and oxygen atoms in total. The summed E-state index contributed by atoms with van der Waals surface area (Å²) in [6, 6.07) is 28.5. The molecule has 9 rings (SSSR count). The minimum atomic E-state index is -5.65. The zero-order valence-corrected chi connectivity index (χ0v) is 32.5. The summed E-state index contributed by atoms with van der Waals surface area (Å²) in [7, 11) is 0. The van der Waals surface area contributed by atoms with Crippen molar-refractivity contribution in [3.8, 4) is 0 Å². The zero-order valence-electron chi connectivity index (χ0n) is 32.5. The molecular weight excluding hydrogens is 861 g/mol. The smallest absolute Gasteiger partial charge is 0.373 e. The predicted octanol–water partition coefficient (Wildman–Crippen LogP) is 10.8. The Hall–Kier alpha value is -7.10. The van der Waals surface area contributed by atoms with E-state index < -0.39 is 81.6 Å². The molecule has 0 saturated carbocycles. The molecule has 2 atom stereocenters. The second-order valence-electron chi connectivity index (χ2n) is 15.1. The Bertz CT molecular complexity index is 2820. The number of alkyl halides is 12. The number of rotatable bonds is 4. The zero-order chi connectivity index (χ0) is 45.3. The van der Waals surface area contributed by atoms with E-state index in [9.17, 15) is 0 Å². The van der Waals surface area contributed by atoms with Crippen molar-refractivity contribution in [2.24, 2.45) is 0 Å². The monoisotopic (exact) mass is 890 g/mol. The summed E-state index contributed by atoms with van der Waals surface area (Å²) in [4.78, 5) is 5.70. The van der Waals surface area contributed by atoms with Gasteiger partial charge in [0, 0.05) is 44.4 Å². The lowest BCUT2D eigenvalue weighted by Gasteiger charge is -2.23. The van der Waals surface area contributed by atoms with Crippen molar-refractivity contribution < 1.29 is 52.7 Å². The van der Waals surface area contributed by atoms with Gasteiger partial charge in [-0.25, -0.2) is 0 Å². The van der Waals surface area contributed by atoms with Gasteiger partial charge >= 0.3 is 24.7 Å². The maximum Gasteiger partial charge on any atom is 0.418 e. The standard InChI is InChI=1S/C48H30F12N4/c49-45(50,51)37-38(46(52,53)54)42-35(27-17-9-3-10-18-27)31-23-24-32(62-31)36(28-19-11-4-12-20-28)44-40(48(58,59)60)39(47(55,56)57)43(64-44)34(26-15-7-2-8-16-26)30-22-21-29(61-30)33(41(37)63-42)25-13-5-1-6-14-25/h1-24,41,43,61-64H/b33-29-,34-30-,42-35-,44-36-. The summed E-state index contributed by atoms with van der Waals surface area (Å²) in [5, 5.41) is 4.68. The molecule has 0 saturated heterocycles. The van der Waals surface area contributed by atoms with E-state index in [0.29, 0.717) is 0 Å². The molecule has 2 aromatic heterocycles. The van der Waals surface area contributed by atoms with Gasteiger partial charge in [0.2, 0.25) is 0 Å². The van der Waals surface area contributed by atoms with E-state index in [1.165, 1.54) is 133 Å². The normalized spacial score (nSPS) is 22.5. The molecule has 5 heterocycles. The van der Waals surface area contributed by atoms with E-state index in [1.807, 2.05) is 0 Å². The van der Waals surface area contributed by atoms with Crippen LogP contribution in [0.15, 0.2) is 179 Å². The van der Waals surface area contributed by atoms with Gasteiger partial charge in [-0.2, -0.15) is 52.7 Å². The molecule has 16 heteroatoms. The molecule has 64 heavy (non-hydrogen) atoms. The van der Waals surface area contributed by atoms with Crippen LogP contribution in [0.2, 0.25) is 0 Å². The molecule has 326 valence electrons. The summed E-state index contributed by atoms with van der Waals surface area (Å²) in [6.07, 6.45) is -22.6. The van der Waals surface area contributed by atoms with Crippen molar-refractivity contribution in [3.63, 3.8) is 0 Å². The molecule has 6 aromatic rings. The topological polar surface area (TPSA) is 55.6 Å². The van der Waals surface area contributed by atoms with Gasteiger partial charge in [-0.15, -0.1) is 0 Å². The number of fused-ring (bicyclic) bond motifs is 8. The van der Waals surface area contributed by atoms with Crippen molar-refractivity contribution in [1.29, 1.82) is 0 Å². The summed E-state index contributed by atoms with van der Waals surface area (Å²) < 4.78 is 188. The number of hydrogen-bond donors (Lipinski definition) is 4. The lowest BCUT2D eigenvalue weighted by Crippen LogP contribution is -2.37. The van der Waals surface area contributed by atoms with Gasteiger partial charge in [-0.3, -0.25) is 0 Å². The highest BCUT2D eigenvalue weighted by atomic mass is 19.4. The van der Waals surface area contributed by atoms with Gasteiger partial charge in [0.15, 0.2) is 0 Å². The van der Waals surface area contributed by atoms with E-state index >= 15 is 52.7 Å². The minimum absolute atomic E-state index is 0.00401. The Labute approximate surface area is 355 Å². The van der Waals surface area contributed by atoms with Crippen LogP contribution in [0.4, 0.5) is 52.7 Å². The fraction of sp³-hybridized carbons (Fsp3) is 0.125. The van der Waals surface area contributed by atoms with E-state index in [0.717, 1.165) is 12.1 Å². The number of hydrogen-bond acceptors (Lipinski definition) is 2. The molecule has 8 bridgehead atoms. The summed E-state index contributed by atoms with van der Waals surface area (Å²) in [5.74, 6) is 0. The second kappa shape index (κ2) is 15.3. The number of aromatic nitrogens is 2. The van der Waals surface area contributed by atoms with Gasteiger partial charge < -0.3 is 20.6 Å². The van der Waals surface area contributed by atoms with Gasteiger partial charge in [0.1, 0.15) is 0 Å². The van der Waals surface area contributed by atoms with Gasteiger partial charge in [-0.1, -0.05) is 121 Å². The third kappa shape index (κ3) is 7.39. The Morgan fingerprint density at radius 2 is 0.641 bits per heavy atom. The Morgan fingerprint density at radius 1 is 0.328 bits per heavy atom. The first-order valence-corrected chi connectivity index (χ1v) is 19.5. The van der Waals surface area contributed by atoms with E-state index in [1.54, 1.807) is 0 Å². The van der Waals surface area contributed by atoms with E-state index in [2.05, 4.69) is 20.6 Å². The first kappa shape index (κ1) is 42.2. The van der Waals surface area contributed by atoms with Crippen LogP contribution in [-0.4, -0.2) is 46.8 Å². The number of benzene rings is 4. The van der Waals surface area contributed by atoms with Crippen molar-refractivity contribution in [2.45, 2.75) is 36.8 Å². The van der Waals surface area contributed by atoms with Crippen LogP contribution in [-0.2, 0) is 0 Å². The van der Waals surface area contributed by atoms with Crippen LogP contribution in [0, 0.1) is 0 Å². The van der Waals surface area contributed by atoms with Crippen LogP contribution in [0.3, 0.4) is 0 Å². The number of H-pyrrole nitrogens is 2. The largest absolute Gasteiger partial charge is 0.418 e. The molecule has 3 aliphatic rings. The Morgan fingerprint density at radius 3 is 0.938 bits per heavy atom. The average molecular weight is 891 g/mol. The number of halogens is 12. The molecule has 0 aliphatic carbocycles. The highest BCUT2D eigenvalue weighted by Crippen LogP contribution is 2.52. The average Bonchev–Trinajstić information content (AvgIpc) is 4.06. The van der Waals surface area contributed by atoms with Crippen molar-refractivity contribution in [3.05, 3.63) is 224 Å². The summed E-state index contributed by atoms with van der Waals surface area (Å²) in [5.41, 5.74) is -12.4. The molecule has 0 radical (unpaired) electrons.